The largest absolute Gasteiger partial charge is 0.451 e. The molecule has 1 aliphatic rings. The molecule has 0 aliphatic heterocycles. The number of thiocarbonyl (C=S) groups is 1. The lowest BCUT2D eigenvalue weighted by atomic mass is 10.2. The van der Waals surface area contributed by atoms with E-state index in [2.05, 4.69) is 16.2 Å². The van der Waals surface area contributed by atoms with Crippen molar-refractivity contribution in [2.75, 3.05) is 0 Å². The molecule has 3 N–H and O–H groups in total. The summed E-state index contributed by atoms with van der Waals surface area (Å²) < 4.78 is 5.57. The molecular formula is C17H17Cl2N3O2S. The molecule has 1 aromatic carbocycles. The van der Waals surface area contributed by atoms with E-state index in [4.69, 9.17) is 39.8 Å². The summed E-state index contributed by atoms with van der Waals surface area (Å²) in [6.45, 7) is 0. The van der Waals surface area contributed by atoms with Gasteiger partial charge in [0.2, 0.25) is 0 Å². The Kier molecular flexibility index (Phi) is 5.83. The lowest BCUT2D eigenvalue weighted by molar-refractivity contribution is 0.0916. The Balaban J connectivity index is 1.57. The molecule has 3 rings (SSSR count). The second-order valence-electron chi connectivity index (χ2n) is 5.82. The molecule has 25 heavy (non-hydrogen) atoms. The van der Waals surface area contributed by atoms with Crippen LogP contribution in [-0.4, -0.2) is 17.1 Å². The standard InChI is InChI=1S/C17H17Cl2N3O2S/c18-10-5-6-12(13(19)9-10)14-7-8-15(24-14)16(23)21-22-17(25)20-11-3-1-2-4-11/h5-9,11H,1-4H2,(H,21,23)(H2,20,22,25). The van der Waals surface area contributed by atoms with Gasteiger partial charge in [-0.2, -0.15) is 0 Å². The van der Waals surface area contributed by atoms with Crippen molar-refractivity contribution in [3.05, 3.63) is 46.1 Å². The molecule has 0 spiro atoms. The van der Waals surface area contributed by atoms with Crippen molar-refractivity contribution in [1.29, 1.82) is 0 Å². The monoisotopic (exact) mass is 397 g/mol. The Bertz CT molecular complexity index is 788. The fourth-order valence-electron chi connectivity index (χ4n) is 2.76. The van der Waals surface area contributed by atoms with Gasteiger partial charge in [0, 0.05) is 16.6 Å². The van der Waals surface area contributed by atoms with Gasteiger partial charge in [-0.1, -0.05) is 36.0 Å². The Hall–Kier alpha value is -1.76. The van der Waals surface area contributed by atoms with E-state index in [1.54, 1.807) is 30.3 Å². The molecule has 1 aliphatic carbocycles. The molecule has 0 saturated heterocycles. The quantitative estimate of drug-likeness (QED) is 0.531. The number of nitrogens with one attached hydrogen (secondary N) is 3. The highest BCUT2D eigenvalue weighted by molar-refractivity contribution is 7.80. The summed E-state index contributed by atoms with van der Waals surface area (Å²) in [5.41, 5.74) is 5.88. The summed E-state index contributed by atoms with van der Waals surface area (Å²) in [5, 5.41) is 4.56. The van der Waals surface area contributed by atoms with Crippen LogP contribution in [0.25, 0.3) is 11.3 Å². The second kappa shape index (κ2) is 8.08. The fraction of sp³-hybridized carbons (Fsp3) is 0.294. The van der Waals surface area contributed by atoms with Gasteiger partial charge in [-0.05, 0) is 55.4 Å². The molecule has 1 heterocycles. The fourth-order valence-corrected chi connectivity index (χ4v) is 3.48. The Morgan fingerprint density at radius 2 is 1.88 bits per heavy atom. The summed E-state index contributed by atoms with van der Waals surface area (Å²) in [6.07, 6.45) is 4.60. The number of carbonyl (C=O) groups is 1. The van der Waals surface area contributed by atoms with Crippen LogP contribution in [0.3, 0.4) is 0 Å². The first-order valence-corrected chi connectivity index (χ1v) is 9.11. The highest BCUT2D eigenvalue weighted by Gasteiger charge is 2.17. The summed E-state index contributed by atoms with van der Waals surface area (Å²) >= 11 is 17.2. The summed E-state index contributed by atoms with van der Waals surface area (Å²) in [7, 11) is 0. The molecule has 2 aromatic rings. The number of rotatable bonds is 3. The van der Waals surface area contributed by atoms with Gasteiger partial charge in [-0.15, -0.1) is 0 Å². The molecule has 1 aromatic heterocycles. The minimum absolute atomic E-state index is 0.150. The van der Waals surface area contributed by atoms with Crippen molar-refractivity contribution in [2.45, 2.75) is 31.7 Å². The number of furan rings is 1. The predicted octanol–water partition coefficient (Wildman–Crippen LogP) is 4.30. The van der Waals surface area contributed by atoms with Crippen LogP contribution in [0, 0.1) is 0 Å². The number of benzene rings is 1. The van der Waals surface area contributed by atoms with Crippen molar-refractivity contribution >= 4 is 46.4 Å². The number of hydrogen-bond donors (Lipinski definition) is 3. The molecule has 0 bridgehead atoms. The first-order chi connectivity index (χ1) is 12.0. The van der Waals surface area contributed by atoms with Gasteiger partial charge in [0.15, 0.2) is 10.9 Å². The minimum atomic E-state index is -0.424. The average Bonchev–Trinajstić information content (AvgIpc) is 3.24. The van der Waals surface area contributed by atoms with Gasteiger partial charge in [0.25, 0.3) is 0 Å². The number of hydrogen-bond acceptors (Lipinski definition) is 3. The molecular weight excluding hydrogens is 381 g/mol. The Morgan fingerprint density at radius 1 is 1.12 bits per heavy atom. The van der Waals surface area contributed by atoms with Crippen molar-refractivity contribution < 1.29 is 9.21 Å². The smallest absolute Gasteiger partial charge is 0.305 e. The summed E-state index contributed by atoms with van der Waals surface area (Å²) in [6, 6.07) is 8.70. The zero-order valence-corrected chi connectivity index (χ0v) is 15.6. The SMILES string of the molecule is O=C(NNC(=S)NC1CCCC1)c1ccc(-c2ccc(Cl)cc2Cl)o1. The van der Waals surface area contributed by atoms with Crippen LogP contribution in [0.2, 0.25) is 10.0 Å². The summed E-state index contributed by atoms with van der Waals surface area (Å²) in [4.78, 5) is 12.2. The maximum atomic E-state index is 12.2. The predicted molar refractivity (Wildman–Crippen MR) is 103 cm³/mol. The zero-order valence-electron chi connectivity index (χ0n) is 13.3. The zero-order chi connectivity index (χ0) is 17.8. The molecule has 5 nitrogen and oxygen atoms in total. The molecule has 1 amide bonds. The van der Waals surface area contributed by atoms with E-state index >= 15 is 0 Å². The van der Waals surface area contributed by atoms with E-state index in [1.165, 1.54) is 12.8 Å². The number of hydrazine groups is 1. The second-order valence-corrected chi connectivity index (χ2v) is 7.07. The highest BCUT2D eigenvalue weighted by Crippen LogP contribution is 2.31. The van der Waals surface area contributed by atoms with Crippen LogP contribution >= 0.6 is 35.4 Å². The van der Waals surface area contributed by atoms with Crippen LogP contribution in [0.1, 0.15) is 36.2 Å². The van der Waals surface area contributed by atoms with E-state index in [0.717, 1.165) is 12.8 Å². The minimum Gasteiger partial charge on any atom is -0.451 e. The van der Waals surface area contributed by atoms with Gasteiger partial charge >= 0.3 is 5.91 Å². The van der Waals surface area contributed by atoms with Crippen molar-refractivity contribution in [1.82, 2.24) is 16.2 Å². The van der Waals surface area contributed by atoms with Gasteiger partial charge < -0.3 is 9.73 Å². The van der Waals surface area contributed by atoms with E-state index in [1.807, 2.05) is 0 Å². The van der Waals surface area contributed by atoms with E-state index < -0.39 is 5.91 Å². The lowest BCUT2D eigenvalue weighted by Gasteiger charge is -2.15. The van der Waals surface area contributed by atoms with Gasteiger partial charge in [-0.25, -0.2) is 0 Å². The third-order valence-corrected chi connectivity index (χ3v) is 4.77. The van der Waals surface area contributed by atoms with Crippen LogP contribution in [0.15, 0.2) is 34.7 Å². The van der Waals surface area contributed by atoms with E-state index in [9.17, 15) is 4.79 Å². The Labute approximate surface area is 161 Å². The van der Waals surface area contributed by atoms with Crippen molar-refractivity contribution in [2.24, 2.45) is 0 Å². The molecule has 1 saturated carbocycles. The molecule has 8 heteroatoms. The van der Waals surface area contributed by atoms with Crippen LogP contribution in [-0.2, 0) is 0 Å². The van der Waals surface area contributed by atoms with E-state index in [0.29, 0.717) is 32.5 Å². The number of carbonyl (C=O) groups excluding carboxylic acids is 1. The number of halogens is 2. The van der Waals surface area contributed by atoms with Gasteiger partial charge in [0.05, 0.1) is 5.02 Å². The van der Waals surface area contributed by atoms with Crippen LogP contribution in [0.5, 0.6) is 0 Å². The molecule has 0 atom stereocenters. The van der Waals surface area contributed by atoms with Crippen LogP contribution in [0.4, 0.5) is 0 Å². The first kappa shape index (κ1) is 18.0. The van der Waals surface area contributed by atoms with Gasteiger partial charge in [-0.3, -0.25) is 15.6 Å². The normalized spacial score (nSPS) is 14.3. The van der Waals surface area contributed by atoms with Crippen LogP contribution < -0.4 is 16.2 Å². The summed E-state index contributed by atoms with van der Waals surface area (Å²) in [5.74, 6) is 0.211. The average molecular weight is 398 g/mol. The highest BCUT2D eigenvalue weighted by atomic mass is 35.5. The van der Waals surface area contributed by atoms with E-state index in [-0.39, 0.29) is 5.76 Å². The number of amides is 1. The molecule has 0 unspecified atom stereocenters. The maximum absolute atomic E-state index is 12.2. The third kappa shape index (κ3) is 4.66. The first-order valence-electron chi connectivity index (χ1n) is 7.95. The third-order valence-electron chi connectivity index (χ3n) is 4.01. The van der Waals surface area contributed by atoms with Crippen molar-refractivity contribution in [3.8, 4) is 11.3 Å². The topological polar surface area (TPSA) is 66.3 Å². The molecule has 132 valence electrons. The lowest BCUT2D eigenvalue weighted by Crippen LogP contribution is -2.49. The molecule has 0 radical (unpaired) electrons. The molecule has 1 fully saturated rings. The Morgan fingerprint density at radius 3 is 2.60 bits per heavy atom. The van der Waals surface area contributed by atoms with Crippen molar-refractivity contribution in [3.63, 3.8) is 0 Å². The maximum Gasteiger partial charge on any atom is 0.305 e. The van der Waals surface area contributed by atoms with Gasteiger partial charge in [0.1, 0.15) is 5.76 Å².